The molecule has 2 heterocycles. The largest absolute Gasteiger partial charge is 0.324 e. The molecule has 5 rings (SSSR count). The third-order valence-electron chi connectivity index (χ3n) is 6.66. The fraction of sp³-hybridized carbons (Fsp3) is 0.348. The molecule has 2 saturated carbocycles. The fourth-order valence-electron chi connectivity index (χ4n) is 4.95. The molecule has 1 N–H and O–H groups in total. The lowest BCUT2D eigenvalue weighted by Gasteiger charge is -2.30. The maximum atomic E-state index is 13.8. The van der Waals surface area contributed by atoms with Gasteiger partial charge in [0.15, 0.2) is 0 Å². The first-order valence-corrected chi connectivity index (χ1v) is 10.4. The highest BCUT2D eigenvalue weighted by molar-refractivity contribution is 6.29. The SMILES string of the molecule is O=C(Nc1ccc(Cl)nc1)[C@H]1CC12CCC(c1ccnc3ccc(F)cc13)CC2. The van der Waals surface area contributed by atoms with Gasteiger partial charge in [-0.1, -0.05) is 11.6 Å². The van der Waals surface area contributed by atoms with E-state index in [0.717, 1.165) is 43.0 Å². The van der Waals surface area contributed by atoms with Crippen molar-refractivity contribution in [1.29, 1.82) is 0 Å². The van der Waals surface area contributed by atoms with E-state index in [-0.39, 0.29) is 23.1 Å². The summed E-state index contributed by atoms with van der Waals surface area (Å²) in [5.74, 6) is 0.294. The Balaban J connectivity index is 1.26. The van der Waals surface area contributed by atoms with Gasteiger partial charge in [0.25, 0.3) is 0 Å². The highest BCUT2D eigenvalue weighted by Crippen LogP contribution is 2.63. The Morgan fingerprint density at radius 2 is 1.97 bits per heavy atom. The molecule has 1 amide bonds. The number of carbonyl (C=O) groups is 1. The van der Waals surface area contributed by atoms with E-state index in [0.29, 0.717) is 16.8 Å². The fourth-order valence-corrected chi connectivity index (χ4v) is 5.06. The Morgan fingerprint density at radius 1 is 1.14 bits per heavy atom. The summed E-state index contributed by atoms with van der Waals surface area (Å²) in [7, 11) is 0. The van der Waals surface area contributed by atoms with Crippen LogP contribution in [-0.2, 0) is 4.79 Å². The highest BCUT2D eigenvalue weighted by Gasteiger charge is 2.58. The normalized spacial score (nSPS) is 25.9. The molecule has 29 heavy (non-hydrogen) atoms. The molecule has 0 aliphatic heterocycles. The molecule has 2 fully saturated rings. The molecule has 3 aromatic rings. The first kappa shape index (κ1) is 18.5. The summed E-state index contributed by atoms with van der Waals surface area (Å²) in [6.07, 6.45) is 8.41. The maximum Gasteiger partial charge on any atom is 0.228 e. The Bertz CT molecular complexity index is 1080. The van der Waals surface area contributed by atoms with E-state index in [1.807, 2.05) is 12.3 Å². The van der Waals surface area contributed by atoms with Gasteiger partial charge in [-0.3, -0.25) is 9.78 Å². The van der Waals surface area contributed by atoms with Gasteiger partial charge in [0.05, 0.1) is 17.4 Å². The van der Waals surface area contributed by atoms with Crippen LogP contribution in [0.2, 0.25) is 5.15 Å². The molecular formula is C23H21ClFN3O. The standard InChI is InChI=1S/C23H21ClFN3O/c24-21-4-2-16(13-27-21)28-22(29)19-12-23(19)8-5-14(6-9-23)17-7-10-26-20-3-1-15(25)11-18(17)20/h1-4,7,10-11,13-14,19H,5-6,8-9,12H2,(H,28,29)/t14?,19-,23?/m1/s1. The zero-order chi connectivity index (χ0) is 20.0. The summed E-state index contributed by atoms with van der Waals surface area (Å²) in [5, 5.41) is 4.29. The topological polar surface area (TPSA) is 54.9 Å². The van der Waals surface area contributed by atoms with Gasteiger partial charge in [-0.2, -0.15) is 0 Å². The number of fused-ring (bicyclic) bond motifs is 1. The van der Waals surface area contributed by atoms with E-state index in [2.05, 4.69) is 15.3 Å². The number of pyridine rings is 2. The molecule has 2 aromatic heterocycles. The van der Waals surface area contributed by atoms with E-state index in [1.165, 1.54) is 11.6 Å². The zero-order valence-electron chi connectivity index (χ0n) is 15.9. The Hall–Kier alpha value is -2.53. The van der Waals surface area contributed by atoms with Gasteiger partial charge in [0.2, 0.25) is 5.91 Å². The minimum atomic E-state index is -0.227. The average molecular weight is 410 g/mol. The van der Waals surface area contributed by atoms with Crippen LogP contribution in [0.25, 0.3) is 10.9 Å². The lowest BCUT2D eigenvalue weighted by Crippen LogP contribution is -2.22. The smallest absolute Gasteiger partial charge is 0.228 e. The monoisotopic (exact) mass is 409 g/mol. The summed E-state index contributed by atoms with van der Waals surface area (Å²) in [5.41, 5.74) is 2.82. The summed E-state index contributed by atoms with van der Waals surface area (Å²) in [4.78, 5) is 21.1. The summed E-state index contributed by atoms with van der Waals surface area (Å²) in [6.45, 7) is 0. The molecule has 1 atom stereocenters. The highest BCUT2D eigenvalue weighted by atomic mass is 35.5. The van der Waals surface area contributed by atoms with Crippen LogP contribution in [0.4, 0.5) is 10.1 Å². The summed E-state index contributed by atoms with van der Waals surface area (Å²) in [6, 6.07) is 10.3. The van der Waals surface area contributed by atoms with Gasteiger partial charge in [-0.15, -0.1) is 0 Å². The maximum absolute atomic E-state index is 13.8. The molecule has 4 nitrogen and oxygen atoms in total. The number of carbonyl (C=O) groups excluding carboxylic acids is 1. The second kappa shape index (κ2) is 7.06. The van der Waals surface area contributed by atoms with Gasteiger partial charge < -0.3 is 5.32 Å². The van der Waals surface area contributed by atoms with E-state index >= 15 is 0 Å². The van der Waals surface area contributed by atoms with Crippen LogP contribution in [-0.4, -0.2) is 15.9 Å². The number of nitrogens with zero attached hydrogens (tertiary/aromatic N) is 2. The second-order valence-corrected chi connectivity index (χ2v) is 8.70. The summed E-state index contributed by atoms with van der Waals surface area (Å²) >= 11 is 5.80. The number of anilines is 1. The lowest BCUT2D eigenvalue weighted by atomic mass is 9.75. The van der Waals surface area contributed by atoms with Crippen LogP contribution in [0.3, 0.4) is 0 Å². The lowest BCUT2D eigenvalue weighted by molar-refractivity contribution is -0.118. The first-order chi connectivity index (χ1) is 14.0. The van der Waals surface area contributed by atoms with Crippen molar-refractivity contribution in [3.63, 3.8) is 0 Å². The van der Waals surface area contributed by atoms with Crippen molar-refractivity contribution >= 4 is 34.1 Å². The van der Waals surface area contributed by atoms with Gasteiger partial charge in [-0.05, 0) is 85.4 Å². The van der Waals surface area contributed by atoms with Crippen molar-refractivity contribution in [3.8, 4) is 0 Å². The van der Waals surface area contributed by atoms with Gasteiger partial charge >= 0.3 is 0 Å². The molecule has 148 valence electrons. The number of nitrogens with one attached hydrogen (secondary N) is 1. The molecule has 2 aliphatic carbocycles. The molecular weight excluding hydrogens is 389 g/mol. The first-order valence-electron chi connectivity index (χ1n) is 10.0. The predicted octanol–water partition coefficient (Wildman–Crippen LogP) is 5.72. The minimum absolute atomic E-state index is 0.0609. The molecule has 0 radical (unpaired) electrons. The molecule has 0 unspecified atom stereocenters. The van der Waals surface area contributed by atoms with Crippen molar-refractivity contribution in [2.75, 3.05) is 5.32 Å². The van der Waals surface area contributed by atoms with E-state index < -0.39 is 0 Å². The number of rotatable bonds is 3. The van der Waals surface area contributed by atoms with Crippen LogP contribution >= 0.6 is 11.6 Å². The van der Waals surface area contributed by atoms with E-state index in [1.54, 1.807) is 30.5 Å². The number of hydrogen-bond acceptors (Lipinski definition) is 3. The van der Waals surface area contributed by atoms with Crippen molar-refractivity contribution in [2.45, 2.75) is 38.0 Å². The van der Waals surface area contributed by atoms with Crippen molar-refractivity contribution in [3.05, 3.63) is 65.3 Å². The quantitative estimate of drug-likeness (QED) is 0.562. The predicted molar refractivity (Wildman–Crippen MR) is 111 cm³/mol. The third-order valence-corrected chi connectivity index (χ3v) is 6.88. The van der Waals surface area contributed by atoms with Gasteiger partial charge in [0.1, 0.15) is 11.0 Å². The van der Waals surface area contributed by atoms with Crippen LogP contribution in [0.15, 0.2) is 48.8 Å². The van der Waals surface area contributed by atoms with Crippen molar-refractivity contribution in [1.82, 2.24) is 9.97 Å². The Labute approximate surface area is 173 Å². The van der Waals surface area contributed by atoms with Gasteiger partial charge in [0, 0.05) is 17.5 Å². The number of amides is 1. The van der Waals surface area contributed by atoms with E-state index in [9.17, 15) is 9.18 Å². The van der Waals surface area contributed by atoms with Crippen LogP contribution < -0.4 is 5.32 Å². The number of benzene rings is 1. The molecule has 1 spiro atoms. The number of halogens is 2. The Morgan fingerprint density at radius 3 is 2.72 bits per heavy atom. The van der Waals surface area contributed by atoms with Crippen molar-refractivity contribution < 1.29 is 9.18 Å². The zero-order valence-corrected chi connectivity index (χ0v) is 16.6. The number of aromatic nitrogens is 2. The molecule has 6 heteroatoms. The Kier molecular flexibility index (Phi) is 4.50. The van der Waals surface area contributed by atoms with Crippen LogP contribution in [0, 0.1) is 17.2 Å². The number of hydrogen-bond donors (Lipinski definition) is 1. The van der Waals surface area contributed by atoms with Crippen molar-refractivity contribution in [2.24, 2.45) is 11.3 Å². The van der Waals surface area contributed by atoms with Crippen LogP contribution in [0.1, 0.15) is 43.6 Å². The van der Waals surface area contributed by atoms with E-state index in [4.69, 9.17) is 11.6 Å². The second-order valence-electron chi connectivity index (χ2n) is 8.31. The van der Waals surface area contributed by atoms with Gasteiger partial charge in [-0.25, -0.2) is 9.37 Å². The average Bonchev–Trinajstić information content (AvgIpc) is 3.43. The summed E-state index contributed by atoms with van der Waals surface area (Å²) < 4.78 is 13.8. The van der Waals surface area contributed by atoms with Crippen LogP contribution in [0.5, 0.6) is 0 Å². The molecule has 0 bridgehead atoms. The molecule has 1 aromatic carbocycles. The minimum Gasteiger partial charge on any atom is -0.324 e. The molecule has 2 aliphatic rings. The molecule has 0 saturated heterocycles. The third kappa shape index (κ3) is 3.48.